The van der Waals surface area contributed by atoms with Gasteiger partial charge in [0.05, 0.1) is 0 Å². The van der Waals surface area contributed by atoms with E-state index in [0.717, 1.165) is 5.56 Å². The molecule has 0 bridgehead atoms. The summed E-state index contributed by atoms with van der Waals surface area (Å²) in [5, 5.41) is 0. The molecule has 74 valence electrons. The van der Waals surface area contributed by atoms with Gasteiger partial charge in [-0.2, -0.15) is 0 Å². The zero-order valence-corrected chi connectivity index (χ0v) is 8.03. The summed E-state index contributed by atoms with van der Waals surface area (Å²) in [5.41, 5.74) is 0.935. The molecule has 14 heavy (non-hydrogen) atoms. The Balaban J connectivity index is 2.38. The van der Waals surface area contributed by atoms with Gasteiger partial charge in [0.2, 0.25) is 0 Å². The Morgan fingerprint density at radius 1 is 1.21 bits per heavy atom. The van der Waals surface area contributed by atoms with Crippen LogP contribution in [0.4, 0.5) is 0 Å². The van der Waals surface area contributed by atoms with Crippen LogP contribution in [-0.2, 0) is 20.7 Å². The molecule has 0 amide bonds. The minimum atomic E-state index is -0.425. The molecule has 0 atom stereocenters. The molecule has 3 heteroatoms. The van der Waals surface area contributed by atoms with Crippen molar-refractivity contribution in [1.82, 2.24) is 0 Å². The van der Waals surface area contributed by atoms with Crippen LogP contribution < -0.4 is 0 Å². The fourth-order valence-electron chi connectivity index (χ4n) is 1.06. The maximum atomic E-state index is 11.2. The van der Waals surface area contributed by atoms with Gasteiger partial charge in [-0.05, 0) is 5.56 Å². The lowest BCUT2D eigenvalue weighted by Crippen LogP contribution is -2.13. The van der Waals surface area contributed by atoms with Crippen molar-refractivity contribution in [1.29, 1.82) is 0 Å². The fraction of sp³-hybridized carbons (Fsp3) is 0.273. The maximum Gasteiger partial charge on any atom is 0.303 e. The molecule has 0 spiro atoms. The van der Waals surface area contributed by atoms with Gasteiger partial charge in [0.1, 0.15) is 6.61 Å². The standard InChI is InChI=1S/C11H12O3/c1-9(12)14-8-11(13)7-10-5-3-2-4-6-10/h2-6H,7-8H2,1H3. The summed E-state index contributed by atoms with van der Waals surface area (Å²) >= 11 is 0. The van der Waals surface area contributed by atoms with Gasteiger partial charge in [0.25, 0.3) is 0 Å². The van der Waals surface area contributed by atoms with Crippen molar-refractivity contribution in [3.63, 3.8) is 0 Å². The monoisotopic (exact) mass is 192 g/mol. The Morgan fingerprint density at radius 3 is 2.43 bits per heavy atom. The minimum Gasteiger partial charge on any atom is -0.458 e. The third kappa shape index (κ3) is 3.85. The lowest BCUT2D eigenvalue weighted by molar-refractivity contribution is -0.145. The van der Waals surface area contributed by atoms with Crippen LogP contribution in [0.2, 0.25) is 0 Å². The van der Waals surface area contributed by atoms with E-state index < -0.39 is 5.97 Å². The number of benzene rings is 1. The first-order chi connectivity index (χ1) is 6.68. The van der Waals surface area contributed by atoms with Gasteiger partial charge in [-0.15, -0.1) is 0 Å². The van der Waals surface area contributed by atoms with Crippen LogP contribution in [0.3, 0.4) is 0 Å². The second kappa shape index (κ2) is 5.17. The molecule has 0 fully saturated rings. The molecule has 3 nitrogen and oxygen atoms in total. The van der Waals surface area contributed by atoms with E-state index in [0.29, 0.717) is 6.42 Å². The first-order valence-corrected chi connectivity index (χ1v) is 4.37. The molecule has 0 radical (unpaired) electrons. The number of carbonyl (C=O) groups excluding carboxylic acids is 2. The molecule has 0 aromatic heterocycles. The molecule has 0 saturated heterocycles. The van der Waals surface area contributed by atoms with E-state index in [2.05, 4.69) is 4.74 Å². The molecule has 0 aliphatic carbocycles. The van der Waals surface area contributed by atoms with Crippen molar-refractivity contribution in [2.75, 3.05) is 6.61 Å². The Kier molecular flexibility index (Phi) is 3.85. The predicted octanol–water partition coefficient (Wildman–Crippen LogP) is 1.36. The van der Waals surface area contributed by atoms with Crippen LogP contribution in [0.15, 0.2) is 30.3 Å². The molecule has 0 aliphatic heterocycles. The number of hydrogen-bond donors (Lipinski definition) is 0. The quantitative estimate of drug-likeness (QED) is 0.676. The summed E-state index contributed by atoms with van der Waals surface area (Å²) in [6.45, 7) is 1.15. The number of rotatable bonds is 4. The van der Waals surface area contributed by atoms with E-state index in [1.54, 1.807) is 0 Å². The third-order valence-corrected chi connectivity index (χ3v) is 1.68. The summed E-state index contributed by atoms with van der Waals surface area (Å²) in [6, 6.07) is 9.36. The van der Waals surface area contributed by atoms with Crippen LogP contribution in [0.1, 0.15) is 12.5 Å². The molecular weight excluding hydrogens is 180 g/mol. The number of Topliss-reactive ketones (excluding diaryl/α,β-unsaturated/α-hetero) is 1. The van der Waals surface area contributed by atoms with Crippen molar-refractivity contribution in [2.45, 2.75) is 13.3 Å². The largest absolute Gasteiger partial charge is 0.458 e. The van der Waals surface area contributed by atoms with Gasteiger partial charge in [0.15, 0.2) is 5.78 Å². The Bertz CT molecular complexity index is 317. The Hall–Kier alpha value is -1.64. The topological polar surface area (TPSA) is 43.4 Å². The second-order valence-corrected chi connectivity index (χ2v) is 2.98. The summed E-state index contributed by atoms with van der Waals surface area (Å²) < 4.78 is 4.59. The van der Waals surface area contributed by atoms with Crippen LogP contribution in [0, 0.1) is 0 Å². The summed E-state index contributed by atoms with van der Waals surface area (Å²) in [7, 11) is 0. The zero-order chi connectivity index (χ0) is 10.4. The first-order valence-electron chi connectivity index (χ1n) is 4.37. The van der Waals surface area contributed by atoms with E-state index in [-0.39, 0.29) is 12.4 Å². The average Bonchev–Trinajstić information content (AvgIpc) is 2.16. The van der Waals surface area contributed by atoms with Crippen molar-refractivity contribution < 1.29 is 14.3 Å². The van der Waals surface area contributed by atoms with Crippen LogP contribution in [0.25, 0.3) is 0 Å². The lowest BCUT2D eigenvalue weighted by atomic mass is 10.1. The molecule has 1 aromatic carbocycles. The van der Waals surface area contributed by atoms with Crippen LogP contribution >= 0.6 is 0 Å². The summed E-state index contributed by atoms with van der Waals surface area (Å²) in [5.74, 6) is -0.516. The number of hydrogen-bond acceptors (Lipinski definition) is 3. The molecule has 0 N–H and O–H groups in total. The van der Waals surface area contributed by atoms with Crippen molar-refractivity contribution in [3.05, 3.63) is 35.9 Å². The average molecular weight is 192 g/mol. The smallest absolute Gasteiger partial charge is 0.303 e. The van der Waals surface area contributed by atoms with Crippen molar-refractivity contribution >= 4 is 11.8 Å². The summed E-state index contributed by atoms with van der Waals surface area (Å²) in [6.07, 6.45) is 0.314. The number of carbonyl (C=O) groups is 2. The lowest BCUT2D eigenvalue weighted by Gasteiger charge is -2.01. The van der Waals surface area contributed by atoms with E-state index in [1.807, 2.05) is 30.3 Å². The highest BCUT2D eigenvalue weighted by Gasteiger charge is 2.04. The number of esters is 1. The first kappa shape index (κ1) is 10.4. The normalized spacial score (nSPS) is 9.50. The predicted molar refractivity (Wildman–Crippen MR) is 51.8 cm³/mol. The molecular formula is C11H12O3. The van der Waals surface area contributed by atoms with Crippen molar-refractivity contribution in [2.24, 2.45) is 0 Å². The van der Waals surface area contributed by atoms with E-state index in [9.17, 15) is 9.59 Å². The van der Waals surface area contributed by atoms with Gasteiger partial charge in [-0.1, -0.05) is 30.3 Å². The van der Waals surface area contributed by atoms with E-state index >= 15 is 0 Å². The van der Waals surface area contributed by atoms with Gasteiger partial charge in [-0.3, -0.25) is 9.59 Å². The van der Waals surface area contributed by atoms with Gasteiger partial charge >= 0.3 is 5.97 Å². The number of ketones is 1. The van der Waals surface area contributed by atoms with E-state index in [1.165, 1.54) is 6.92 Å². The zero-order valence-electron chi connectivity index (χ0n) is 8.03. The third-order valence-electron chi connectivity index (χ3n) is 1.68. The molecule has 0 aliphatic rings. The number of ether oxygens (including phenoxy) is 1. The molecule has 0 heterocycles. The minimum absolute atomic E-state index is 0.0913. The van der Waals surface area contributed by atoms with Crippen LogP contribution in [0.5, 0.6) is 0 Å². The summed E-state index contributed by atoms with van der Waals surface area (Å²) in [4.78, 5) is 21.7. The van der Waals surface area contributed by atoms with Crippen LogP contribution in [-0.4, -0.2) is 18.4 Å². The van der Waals surface area contributed by atoms with Gasteiger partial charge < -0.3 is 4.74 Å². The Morgan fingerprint density at radius 2 is 1.86 bits per heavy atom. The SMILES string of the molecule is CC(=O)OCC(=O)Cc1ccccc1. The highest BCUT2D eigenvalue weighted by Crippen LogP contribution is 2.00. The molecule has 1 rings (SSSR count). The molecule has 0 unspecified atom stereocenters. The Labute approximate surface area is 82.7 Å². The highest BCUT2D eigenvalue weighted by atomic mass is 16.5. The molecule has 1 aromatic rings. The molecule has 0 saturated carbocycles. The second-order valence-electron chi connectivity index (χ2n) is 2.98. The highest BCUT2D eigenvalue weighted by molar-refractivity contribution is 5.83. The van der Waals surface area contributed by atoms with Gasteiger partial charge in [-0.25, -0.2) is 0 Å². The fourth-order valence-corrected chi connectivity index (χ4v) is 1.06. The van der Waals surface area contributed by atoms with Crippen molar-refractivity contribution in [3.8, 4) is 0 Å². The van der Waals surface area contributed by atoms with Gasteiger partial charge in [0, 0.05) is 13.3 Å². The maximum absolute atomic E-state index is 11.2. The van der Waals surface area contributed by atoms with E-state index in [4.69, 9.17) is 0 Å².